The topological polar surface area (TPSA) is 72.0 Å². The van der Waals surface area contributed by atoms with Crippen molar-refractivity contribution >= 4 is 22.6 Å². The molecule has 0 bridgehead atoms. The van der Waals surface area contributed by atoms with Crippen LogP contribution in [-0.2, 0) is 6.42 Å². The molecule has 0 saturated heterocycles. The van der Waals surface area contributed by atoms with E-state index in [1.165, 1.54) is 11.8 Å². The summed E-state index contributed by atoms with van der Waals surface area (Å²) in [5, 5.41) is 20.0. The lowest BCUT2D eigenvalue weighted by Gasteiger charge is -2.00. The van der Waals surface area contributed by atoms with Crippen LogP contribution in [0.2, 0.25) is 0 Å². The van der Waals surface area contributed by atoms with Gasteiger partial charge in [-0.3, -0.25) is 5.32 Å². The Labute approximate surface area is 98.6 Å². The van der Waals surface area contributed by atoms with Gasteiger partial charge in [-0.25, -0.2) is 4.99 Å². The Bertz CT molecular complexity index is 450. The predicted molar refractivity (Wildman–Crippen MR) is 65.1 cm³/mol. The maximum Gasteiger partial charge on any atom is 0.183 e. The van der Waals surface area contributed by atoms with Gasteiger partial charge in [-0.2, -0.15) is 10.5 Å². The summed E-state index contributed by atoms with van der Waals surface area (Å²) in [6, 6.07) is 9.43. The number of nitriles is 2. The molecular weight excluding hydrogens is 220 g/mol. The first-order chi connectivity index (χ1) is 7.80. The lowest BCUT2D eigenvalue weighted by molar-refractivity contribution is 1.25. The van der Waals surface area contributed by atoms with Gasteiger partial charge < -0.3 is 0 Å². The molecule has 0 radical (unpaired) electrons. The van der Waals surface area contributed by atoms with Crippen molar-refractivity contribution in [3.63, 3.8) is 0 Å². The van der Waals surface area contributed by atoms with E-state index < -0.39 is 0 Å². The molecule has 0 aliphatic carbocycles. The van der Waals surface area contributed by atoms with E-state index in [0.717, 1.165) is 11.3 Å². The molecule has 0 unspecified atom stereocenters. The highest BCUT2D eigenvalue weighted by molar-refractivity contribution is 8.13. The fraction of sp³-hybridized carbons (Fsp3) is 0.182. The Kier molecular flexibility index (Phi) is 4.91. The molecule has 0 aliphatic heterocycles. The zero-order valence-corrected chi connectivity index (χ0v) is 9.58. The van der Waals surface area contributed by atoms with Gasteiger partial charge in [-0.1, -0.05) is 23.9 Å². The molecule has 1 aromatic rings. The zero-order chi connectivity index (χ0) is 11.8. The van der Waals surface area contributed by atoms with E-state index in [1.807, 2.05) is 36.7 Å². The summed E-state index contributed by atoms with van der Waals surface area (Å²) in [5.41, 5.74) is 1.72. The third kappa shape index (κ3) is 3.64. The summed E-state index contributed by atoms with van der Waals surface area (Å²) in [7, 11) is 0. The molecule has 0 aliphatic rings. The first-order valence-electron chi connectivity index (χ1n) is 4.54. The van der Waals surface area contributed by atoms with E-state index in [0.29, 0.717) is 11.6 Å². The second kappa shape index (κ2) is 6.49. The first-order valence-corrected chi connectivity index (χ1v) is 5.76. The fourth-order valence-electron chi connectivity index (χ4n) is 1.07. The summed E-state index contributed by atoms with van der Waals surface area (Å²) in [5.74, 6) is 0. The van der Waals surface area contributed by atoms with Gasteiger partial charge in [0.05, 0.1) is 18.2 Å². The summed E-state index contributed by atoms with van der Waals surface area (Å²) < 4.78 is 0. The molecule has 1 N–H and O–H groups in total. The van der Waals surface area contributed by atoms with Crippen molar-refractivity contribution in [2.24, 2.45) is 4.99 Å². The van der Waals surface area contributed by atoms with Crippen molar-refractivity contribution in [1.82, 2.24) is 5.32 Å². The molecule has 0 atom stereocenters. The summed E-state index contributed by atoms with van der Waals surface area (Å²) in [6.07, 6.45) is 4.07. The Morgan fingerprint density at radius 1 is 1.38 bits per heavy atom. The standard InChI is InChI=1S/C11H10N4S/c1-16-11(14-8-13)15-10-4-2-9(3-5-10)6-7-12/h2-5H,6H2,1H3,(H,14,15). The third-order valence-electron chi connectivity index (χ3n) is 1.81. The van der Waals surface area contributed by atoms with Gasteiger partial charge in [0, 0.05) is 0 Å². The SMILES string of the molecule is CSC(=Nc1ccc(CC#N)cc1)NC#N. The van der Waals surface area contributed by atoms with Gasteiger partial charge in [0.2, 0.25) is 0 Å². The summed E-state index contributed by atoms with van der Waals surface area (Å²) >= 11 is 1.37. The quantitative estimate of drug-likeness (QED) is 0.366. The molecular formula is C11H10N4S. The van der Waals surface area contributed by atoms with Crippen LogP contribution in [0.25, 0.3) is 0 Å². The van der Waals surface area contributed by atoms with Crippen molar-refractivity contribution < 1.29 is 0 Å². The van der Waals surface area contributed by atoms with E-state index in [9.17, 15) is 0 Å². The minimum Gasteiger partial charge on any atom is -0.271 e. The van der Waals surface area contributed by atoms with Crippen LogP contribution in [-0.4, -0.2) is 11.4 Å². The number of aliphatic imine (C=N–C) groups is 1. The Morgan fingerprint density at radius 2 is 2.06 bits per heavy atom. The highest BCUT2D eigenvalue weighted by atomic mass is 32.2. The number of rotatable bonds is 2. The predicted octanol–water partition coefficient (Wildman–Crippen LogP) is 2.17. The maximum absolute atomic E-state index is 8.52. The highest BCUT2D eigenvalue weighted by Crippen LogP contribution is 2.15. The van der Waals surface area contributed by atoms with E-state index in [2.05, 4.69) is 16.4 Å². The molecule has 0 spiro atoms. The van der Waals surface area contributed by atoms with Crippen LogP contribution in [0.5, 0.6) is 0 Å². The van der Waals surface area contributed by atoms with E-state index in [-0.39, 0.29) is 0 Å². The van der Waals surface area contributed by atoms with Crippen molar-refractivity contribution in [2.75, 3.05) is 6.26 Å². The minimum absolute atomic E-state index is 0.399. The first kappa shape index (κ1) is 12.1. The Morgan fingerprint density at radius 3 is 2.56 bits per heavy atom. The van der Waals surface area contributed by atoms with Gasteiger partial charge in [0.15, 0.2) is 11.4 Å². The number of benzene rings is 1. The van der Waals surface area contributed by atoms with Crippen LogP contribution in [0, 0.1) is 22.8 Å². The number of hydrogen-bond acceptors (Lipinski definition) is 4. The molecule has 0 amide bonds. The van der Waals surface area contributed by atoms with Crippen LogP contribution in [0.15, 0.2) is 29.3 Å². The number of amidine groups is 1. The number of nitrogens with zero attached hydrogens (tertiary/aromatic N) is 3. The van der Waals surface area contributed by atoms with Crippen LogP contribution < -0.4 is 5.32 Å². The highest BCUT2D eigenvalue weighted by Gasteiger charge is 1.96. The van der Waals surface area contributed by atoms with Crippen LogP contribution in [0.3, 0.4) is 0 Å². The lowest BCUT2D eigenvalue weighted by atomic mass is 10.1. The fourth-order valence-corrected chi connectivity index (χ4v) is 1.41. The molecule has 1 rings (SSSR count). The Balaban J connectivity index is 2.82. The second-order valence-corrected chi connectivity index (χ2v) is 3.65. The summed E-state index contributed by atoms with van der Waals surface area (Å²) in [4.78, 5) is 4.23. The van der Waals surface area contributed by atoms with Crippen molar-refractivity contribution in [1.29, 1.82) is 10.5 Å². The van der Waals surface area contributed by atoms with Gasteiger partial charge >= 0.3 is 0 Å². The van der Waals surface area contributed by atoms with E-state index >= 15 is 0 Å². The molecule has 0 saturated carbocycles. The smallest absolute Gasteiger partial charge is 0.183 e. The summed E-state index contributed by atoms with van der Waals surface area (Å²) in [6.45, 7) is 0. The molecule has 5 heteroatoms. The minimum atomic E-state index is 0.399. The van der Waals surface area contributed by atoms with Gasteiger partial charge in [-0.05, 0) is 24.0 Å². The monoisotopic (exact) mass is 230 g/mol. The second-order valence-electron chi connectivity index (χ2n) is 2.86. The third-order valence-corrected chi connectivity index (χ3v) is 2.39. The molecule has 0 aromatic heterocycles. The van der Waals surface area contributed by atoms with Crippen LogP contribution >= 0.6 is 11.8 Å². The van der Waals surface area contributed by atoms with E-state index in [4.69, 9.17) is 10.5 Å². The Hall–Kier alpha value is -1.98. The number of hydrogen-bond donors (Lipinski definition) is 1. The van der Waals surface area contributed by atoms with Crippen molar-refractivity contribution in [3.8, 4) is 12.3 Å². The van der Waals surface area contributed by atoms with Crippen molar-refractivity contribution in [3.05, 3.63) is 29.8 Å². The molecule has 4 nitrogen and oxygen atoms in total. The lowest BCUT2D eigenvalue weighted by Crippen LogP contribution is -2.12. The molecule has 0 heterocycles. The maximum atomic E-state index is 8.52. The average molecular weight is 230 g/mol. The molecule has 16 heavy (non-hydrogen) atoms. The average Bonchev–Trinajstić information content (AvgIpc) is 2.31. The van der Waals surface area contributed by atoms with Gasteiger partial charge in [0.25, 0.3) is 0 Å². The van der Waals surface area contributed by atoms with Crippen molar-refractivity contribution in [2.45, 2.75) is 6.42 Å². The zero-order valence-electron chi connectivity index (χ0n) is 8.77. The van der Waals surface area contributed by atoms with Gasteiger partial charge in [-0.15, -0.1) is 0 Å². The normalized spacial score (nSPS) is 10.3. The van der Waals surface area contributed by atoms with E-state index in [1.54, 1.807) is 0 Å². The number of thioether (sulfide) groups is 1. The number of nitrogens with one attached hydrogen (secondary N) is 1. The molecule has 0 fully saturated rings. The van der Waals surface area contributed by atoms with Crippen LogP contribution in [0.4, 0.5) is 5.69 Å². The largest absolute Gasteiger partial charge is 0.271 e. The van der Waals surface area contributed by atoms with Gasteiger partial charge in [0.1, 0.15) is 0 Å². The molecule has 80 valence electrons. The van der Waals surface area contributed by atoms with Crippen LogP contribution in [0.1, 0.15) is 5.56 Å². The molecule has 1 aromatic carbocycles.